The van der Waals surface area contributed by atoms with Crippen LogP contribution in [0.3, 0.4) is 0 Å². The molecule has 0 aliphatic rings. The zero-order valence-electron chi connectivity index (χ0n) is 15.0. The summed E-state index contributed by atoms with van der Waals surface area (Å²) in [5, 5.41) is 11.8. The third kappa shape index (κ3) is 5.28. The molecule has 0 aliphatic heterocycles. The summed E-state index contributed by atoms with van der Waals surface area (Å²) < 4.78 is 5.63. The molecule has 0 saturated heterocycles. The van der Waals surface area contributed by atoms with E-state index in [1.807, 2.05) is 38.1 Å². The summed E-state index contributed by atoms with van der Waals surface area (Å²) in [5.41, 5.74) is 2.02. The number of nitrogens with zero attached hydrogens (tertiary/aromatic N) is 4. The molecule has 0 spiro atoms. The van der Waals surface area contributed by atoms with Gasteiger partial charge in [0.05, 0.1) is 5.69 Å². The lowest BCUT2D eigenvalue weighted by Crippen LogP contribution is -2.09. The largest absolute Gasteiger partial charge is 0.438 e. The van der Waals surface area contributed by atoms with E-state index in [1.165, 1.54) is 0 Å². The summed E-state index contributed by atoms with van der Waals surface area (Å²) in [6, 6.07) is 11.1. The van der Waals surface area contributed by atoms with Gasteiger partial charge < -0.3 is 10.1 Å². The smallest absolute Gasteiger partial charge is 0.238 e. The van der Waals surface area contributed by atoms with Crippen molar-refractivity contribution in [1.29, 1.82) is 0 Å². The fraction of sp³-hybridized carbons (Fsp3) is 0.263. The highest BCUT2D eigenvalue weighted by atomic mass is 35.5. The number of halogens is 2. The molecule has 2 aromatic heterocycles. The maximum atomic E-state index is 6.35. The number of benzene rings is 1. The minimum atomic E-state index is 0.329. The molecule has 27 heavy (non-hydrogen) atoms. The number of anilines is 1. The fourth-order valence-electron chi connectivity index (χ4n) is 2.50. The summed E-state index contributed by atoms with van der Waals surface area (Å²) in [4.78, 5) is 8.74. The van der Waals surface area contributed by atoms with Crippen LogP contribution in [0.4, 0.5) is 5.82 Å². The molecule has 0 atom stereocenters. The van der Waals surface area contributed by atoms with Crippen LogP contribution in [0.25, 0.3) is 0 Å². The van der Waals surface area contributed by atoms with Gasteiger partial charge in [0.2, 0.25) is 5.88 Å². The molecule has 0 fully saturated rings. The molecular weight excluding hydrogens is 385 g/mol. The number of hydrogen-bond donors (Lipinski definition) is 1. The van der Waals surface area contributed by atoms with Crippen molar-refractivity contribution >= 4 is 29.0 Å². The van der Waals surface area contributed by atoms with Gasteiger partial charge >= 0.3 is 0 Å². The Balaban J connectivity index is 1.56. The average Bonchev–Trinajstić information content (AvgIpc) is 2.67. The zero-order valence-corrected chi connectivity index (χ0v) is 16.6. The summed E-state index contributed by atoms with van der Waals surface area (Å²) >= 11 is 12.1. The van der Waals surface area contributed by atoms with Crippen molar-refractivity contribution in [3.63, 3.8) is 0 Å². The van der Waals surface area contributed by atoms with E-state index in [-0.39, 0.29) is 0 Å². The van der Waals surface area contributed by atoms with E-state index in [0.717, 1.165) is 24.1 Å². The summed E-state index contributed by atoms with van der Waals surface area (Å²) in [6.45, 7) is 4.60. The maximum absolute atomic E-state index is 6.35. The molecule has 1 aromatic carbocycles. The minimum Gasteiger partial charge on any atom is -0.438 e. The monoisotopic (exact) mass is 403 g/mol. The molecule has 3 rings (SSSR count). The third-order valence-corrected chi connectivity index (χ3v) is 4.42. The second-order valence-electron chi connectivity index (χ2n) is 5.85. The van der Waals surface area contributed by atoms with Crippen molar-refractivity contribution < 1.29 is 4.74 Å². The second kappa shape index (κ2) is 8.97. The van der Waals surface area contributed by atoms with Crippen LogP contribution in [-0.2, 0) is 12.8 Å². The van der Waals surface area contributed by atoms with E-state index in [0.29, 0.717) is 40.0 Å². The SMILES string of the molecule is CCc1nc(C)nc(NCCc2ccc(Oc3ccc(Cl)nn3)cc2)c1Cl. The Morgan fingerprint density at radius 3 is 2.44 bits per heavy atom. The van der Waals surface area contributed by atoms with Crippen molar-refractivity contribution in [2.24, 2.45) is 0 Å². The van der Waals surface area contributed by atoms with Gasteiger partial charge in [0.25, 0.3) is 0 Å². The minimum absolute atomic E-state index is 0.329. The summed E-state index contributed by atoms with van der Waals surface area (Å²) in [7, 11) is 0. The molecule has 0 amide bonds. The quantitative estimate of drug-likeness (QED) is 0.605. The van der Waals surface area contributed by atoms with Gasteiger partial charge in [-0.05, 0) is 43.5 Å². The van der Waals surface area contributed by atoms with Gasteiger partial charge in [-0.3, -0.25) is 0 Å². The van der Waals surface area contributed by atoms with Crippen molar-refractivity contribution in [3.8, 4) is 11.6 Å². The van der Waals surface area contributed by atoms with Crippen LogP contribution in [0.1, 0.15) is 24.0 Å². The van der Waals surface area contributed by atoms with Crippen molar-refractivity contribution in [2.75, 3.05) is 11.9 Å². The number of hydrogen-bond acceptors (Lipinski definition) is 6. The van der Waals surface area contributed by atoms with Crippen LogP contribution in [0.2, 0.25) is 10.2 Å². The van der Waals surface area contributed by atoms with Crippen LogP contribution in [-0.4, -0.2) is 26.7 Å². The Morgan fingerprint density at radius 1 is 1.00 bits per heavy atom. The Hall–Kier alpha value is -2.44. The summed E-state index contributed by atoms with van der Waals surface area (Å²) in [5.74, 6) is 2.48. The number of ether oxygens (including phenoxy) is 1. The highest BCUT2D eigenvalue weighted by Gasteiger charge is 2.09. The van der Waals surface area contributed by atoms with Crippen LogP contribution < -0.4 is 10.1 Å². The van der Waals surface area contributed by atoms with E-state index >= 15 is 0 Å². The lowest BCUT2D eigenvalue weighted by Gasteiger charge is -2.11. The van der Waals surface area contributed by atoms with E-state index in [4.69, 9.17) is 27.9 Å². The molecule has 0 saturated carbocycles. The molecule has 3 aromatic rings. The van der Waals surface area contributed by atoms with Gasteiger partial charge in [-0.25, -0.2) is 9.97 Å². The molecule has 1 N–H and O–H groups in total. The molecule has 6 nitrogen and oxygen atoms in total. The predicted octanol–water partition coefficient (Wildman–Crippen LogP) is 4.89. The van der Waals surface area contributed by atoms with Gasteiger partial charge in [0.1, 0.15) is 22.4 Å². The molecule has 0 unspecified atom stereocenters. The van der Waals surface area contributed by atoms with Crippen LogP contribution in [0.15, 0.2) is 36.4 Å². The molecule has 8 heteroatoms. The first-order valence-electron chi connectivity index (χ1n) is 8.58. The number of nitrogens with one attached hydrogen (secondary N) is 1. The zero-order chi connectivity index (χ0) is 19.2. The normalized spacial score (nSPS) is 10.7. The van der Waals surface area contributed by atoms with Crippen LogP contribution >= 0.6 is 23.2 Å². The van der Waals surface area contributed by atoms with Crippen molar-refractivity contribution in [2.45, 2.75) is 26.7 Å². The number of rotatable bonds is 7. The van der Waals surface area contributed by atoms with Crippen LogP contribution in [0.5, 0.6) is 11.6 Å². The molecule has 140 valence electrons. The molecular formula is C19H19Cl2N5O. The summed E-state index contributed by atoms with van der Waals surface area (Å²) in [6.07, 6.45) is 1.60. The first-order valence-corrected chi connectivity index (χ1v) is 9.33. The third-order valence-electron chi connectivity index (χ3n) is 3.83. The molecule has 0 bridgehead atoms. The maximum Gasteiger partial charge on any atom is 0.238 e. The Bertz CT molecular complexity index is 901. The van der Waals surface area contributed by atoms with Gasteiger partial charge in [0.15, 0.2) is 5.15 Å². The van der Waals surface area contributed by atoms with E-state index in [1.54, 1.807) is 12.1 Å². The lowest BCUT2D eigenvalue weighted by atomic mass is 10.1. The topological polar surface area (TPSA) is 72.8 Å². The van der Waals surface area contributed by atoms with Gasteiger partial charge in [0, 0.05) is 12.6 Å². The Labute approximate surface area is 167 Å². The Morgan fingerprint density at radius 2 is 1.78 bits per heavy atom. The van der Waals surface area contributed by atoms with Gasteiger partial charge in [-0.2, -0.15) is 0 Å². The first-order chi connectivity index (χ1) is 13.0. The van der Waals surface area contributed by atoms with Crippen molar-refractivity contribution in [1.82, 2.24) is 20.2 Å². The average molecular weight is 404 g/mol. The fourth-order valence-corrected chi connectivity index (χ4v) is 2.88. The number of aryl methyl sites for hydroxylation is 2. The lowest BCUT2D eigenvalue weighted by molar-refractivity contribution is 0.455. The van der Waals surface area contributed by atoms with Gasteiger partial charge in [-0.15, -0.1) is 10.2 Å². The van der Waals surface area contributed by atoms with Crippen molar-refractivity contribution in [3.05, 3.63) is 63.7 Å². The molecule has 0 radical (unpaired) electrons. The highest BCUT2D eigenvalue weighted by Crippen LogP contribution is 2.24. The van der Waals surface area contributed by atoms with E-state index in [9.17, 15) is 0 Å². The standard InChI is InChI=1S/C19H19Cl2N5O/c1-3-15-18(21)19(24-12(2)23-15)22-11-10-13-4-6-14(7-5-13)27-17-9-8-16(20)25-26-17/h4-9H,3,10-11H2,1-2H3,(H,22,23,24). The predicted molar refractivity (Wildman–Crippen MR) is 107 cm³/mol. The van der Waals surface area contributed by atoms with E-state index < -0.39 is 0 Å². The molecule has 2 heterocycles. The van der Waals surface area contributed by atoms with Crippen LogP contribution in [0, 0.1) is 6.92 Å². The Kier molecular flexibility index (Phi) is 6.42. The first kappa shape index (κ1) is 19.3. The highest BCUT2D eigenvalue weighted by molar-refractivity contribution is 6.33. The van der Waals surface area contributed by atoms with Gasteiger partial charge in [-0.1, -0.05) is 42.3 Å². The van der Waals surface area contributed by atoms with E-state index in [2.05, 4.69) is 25.5 Å². The molecule has 0 aliphatic carbocycles. The second-order valence-corrected chi connectivity index (χ2v) is 6.62. The number of aromatic nitrogens is 4.